The summed E-state index contributed by atoms with van der Waals surface area (Å²) in [5.74, 6) is 2.20. The van der Waals surface area contributed by atoms with Crippen LogP contribution in [0.4, 0.5) is 0 Å². The molecule has 1 atom stereocenters. The molecule has 0 N–H and O–H groups in total. The molecule has 4 rings (SSSR count). The van der Waals surface area contributed by atoms with Crippen molar-refractivity contribution in [2.75, 3.05) is 13.1 Å². The second-order valence-corrected chi connectivity index (χ2v) is 8.64. The number of nitrogens with zero attached hydrogens (tertiary/aromatic N) is 5. The summed E-state index contributed by atoms with van der Waals surface area (Å²) in [6.45, 7) is 7.47. The second-order valence-electron chi connectivity index (χ2n) is 7.86. The average molecular weight is 374 g/mol. The Hall–Kier alpha value is -1.73. The molecule has 0 aromatic carbocycles. The molecule has 1 spiro atoms. The van der Waals surface area contributed by atoms with Crippen molar-refractivity contribution in [2.24, 2.45) is 12.5 Å². The number of amides is 1. The third-order valence-corrected chi connectivity index (χ3v) is 6.99. The highest BCUT2D eigenvalue weighted by Crippen LogP contribution is 2.57. The first kappa shape index (κ1) is 17.7. The summed E-state index contributed by atoms with van der Waals surface area (Å²) in [7, 11) is 2.03. The predicted octanol–water partition coefficient (Wildman–Crippen LogP) is 2.59. The smallest absolute Gasteiger partial charge is 0.220 e. The fourth-order valence-corrected chi connectivity index (χ4v) is 4.93. The van der Waals surface area contributed by atoms with Crippen LogP contribution in [-0.4, -0.2) is 49.6 Å². The van der Waals surface area contributed by atoms with Crippen LogP contribution in [0.5, 0.6) is 0 Å². The summed E-state index contributed by atoms with van der Waals surface area (Å²) in [4.78, 5) is 16.8. The van der Waals surface area contributed by atoms with E-state index in [0.717, 1.165) is 44.2 Å². The highest BCUT2D eigenvalue weighted by molar-refractivity contribution is 7.07. The standard InChI is InChI=1S/C19H27N5OS/c1-14-20-21-18(22(14)3)12-23-7-5-19(6-8-23)10-17(19)24(15(2)25)11-16-4-9-26-13-16/h4,9,13,17H,5-8,10-12H2,1-3H3. The van der Waals surface area contributed by atoms with Gasteiger partial charge < -0.3 is 9.47 Å². The normalized spacial score (nSPS) is 21.9. The number of thiophene rings is 1. The van der Waals surface area contributed by atoms with Crippen molar-refractivity contribution < 1.29 is 4.79 Å². The number of likely N-dealkylation sites (tertiary alicyclic amines) is 1. The second kappa shape index (κ2) is 6.78. The van der Waals surface area contributed by atoms with Crippen molar-refractivity contribution in [3.8, 4) is 0 Å². The van der Waals surface area contributed by atoms with Gasteiger partial charge in [0.25, 0.3) is 0 Å². The van der Waals surface area contributed by atoms with Gasteiger partial charge in [0.15, 0.2) is 0 Å². The van der Waals surface area contributed by atoms with Crippen LogP contribution < -0.4 is 0 Å². The molecule has 6 nitrogen and oxygen atoms in total. The van der Waals surface area contributed by atoms with Gasteiger partial charge in [0.05, 0.1) is 6.54 Å². The number of hydrogen-bond acceptors (Lipinski definition) is 5. The Morgan fingerprint density at radius 1 is 1.38 bits per heavy atom. The lowest BCUT2D eigenvalue weighted by molar-refractivity contribution is -0.130. The number of piperidine rings is 1. The first-order valence-corrected chi connectivity index (χ1v) is 10.3. The molecule has 140 valence electrons. The van der Waals surface area contributed by atoms with E-state index in [4.69, 9.17) is 0 Å². The molecule has 26 heavy (non-hydrogen) atoms. The maximum absolute atomic E-state index is 12.2. The molecule has 2 fully saturated rings. The molecule has 0 radical (unpaired) electrons. The molecule has 0 bridgehead atoms. The first-order chi connectivity index (χ1) is 12.5. The summed E-state index contributed by atoms with van der Waals surface area (Å²) in [6, 6.07) is 2.54. The molecule has 1 aliphatic carbocycles. The minimum atomic E-state index is 0.204. The highest BCUT2D eigenvalue weighted by atomic mass is 32.1. The molecular formula is C19H27N5OS. The summed E-state index contributed by atoms with van der Waals surface area (Å²) in [5, 5.41) is 12.7. The Balaban J connectivity index is 1.35. The van der Waals surface area contributed by atoms with E-state index >= 15 is 0 Å². The topological polar surface area (TPSA) is 54.3 Å². The van der Waals surface area contributed by atoms with Gasteiger partial charge in [0.2, 0.25) is 5.91 Å². The number of carbonyl (C=O) groups is 1. The fraction of sp³-hybridized carbons (Fsp3) is 0.632. The van der Waals surface area contributed by atoms with Crippen molar-refractivity contribution in [2.45, 2.75) is 52.2 Å². The lowest BCUT2D eigenvalue weighted by Gasteiger charge is -2.34. The zero-order valence-corrected chi connectivity index (χ0v) is 16.6. The van der Waals surface area contributed by atoms with Gasteiger partial charge in [-0.1, -0.05) is 0 Å². The van der Waals surface area contributed by atoms with E-state index in [1.165, 1.54) is 18.4 Å². The molecule has 1 aliphatic heterocycles. The maximum Gasteiger partial charge on any atom is 0.220 e. The lowest BCUT2D eigenvalue weighted by atomic mass is 9.92. The summed E-state index contributed by atoms with van der Waals surface area (Å²) < 4.78 is 2.07. The molecule has 2 aromatic rings. The van der Waals surface area contributed by atoms with E-state index < -0.39 is 0 Å². The zero-order chi connectivity index (χ0) is 18.3. The predicted molar refractivity (Wildman–Crippen MR) is 102 cm³/mol. The minimum absolute atomic E-state index is 0.204. The lowest BCUT2D eigenvalue weighted by Crippen LogP contribution is -2.40. The number of aromatic nitrogens is 3. The minimum Gasteiger partial charge on any atom is -0.335 e. The molecule has 7 heteroatoms. The molecule has 1 saturated heterocycles. The van der Waals surface area contributed by atoms with Crippen molar-refractivity contribution in [3.05, 3.63) is 34.0 Å². The van der Waals surface area contributed by atoms with Gasteiger partial charge in [-0.3, -0.25) is 9.69 Å². The van der Waals surface area contributed by atoms with Crippen molar-refractivity contribution in [1.29, 1.82) is 0 Å². The van der Waals surface area contributed by atoms with Crippen LogP contribution >= 0.6 is 11.3 Å². The van der Waals surface area contributed by atoms with Gasteiger partial charge >= 0.3 is 0 Å². The zero-order valence-electron chi connectivity index (χ0n) is 15.8. The van der Waals surface area contributed by atoms with Crippen LogP contribution in [0.15, 0.2) is 16.8 Å². The molecule has 2 aliphatic rings. The number of rotatable bonds is 5. The quantitative estimate of drug-likeness (QED) is 0.808. The number of carbonyl (C=O) groups excluding carboxylic acids is 1. The van der Waals surface area contributed by atoms with E-state index in [1.807, 2.05) is 14.0 Å². The Labute approximate surface area is 158 Å². The molecular weight excluding hydrogens is 346 g/mol. The van der Waals surface area contributed by atoms with Crippen LogP contribution in [0, 0.1) is 12.3 Å². The highest BCUT2D eigenvalue weighted by Gasteiger charge is 2.58. The van der Waals surface area contributed by atoms with Gasteiger partial charge in [-0.25, -0.2) is 0 Å². The number of aryl methyl sites for hydroxylation is 1. The van der Waals surface area contributed by atoms with Crippen LogP contribution in [0.25, 0.3) is 0 Å². The first-order valence-electron chi connectivity index (χ1n) is 9.34. The van der Waals surface area contributed by atoms with Crippen LogP contribution in [0.1, 0.15) is 43.4 Å². The van der Waals surface area contributed by atoms with E-state index in [9.17, 15) is 4.79 Å². The van der Waals surface area contributed by atoms with Crippen LogP contribution in [0.2, 0.25) is 0 Å². The van der Waals surface area contributed by atoms with Crippen LogP contribution in [0.3, 0.4) is 0 Å². The van der Waals surface area contributed by atoms with Crippen molar-refractivity contribution >= 4 is 17.2 Å². The molecule has 2 aromatic heterocycles. The summed E-state index contributed by atoms with van der Waals surface area (Å²) >= 11 is 1.70. The Bertz CT molecular complexity index is 776. The maximum atomic E-state index is 12.2. The van der Waals surface area contributed by atoms with Gasteiger partial charge in [-0.15, -0.1) is 10.2 Å². The average Bonchev–Trinajstić information content (AvgIpc) is 2.94. The van der Waals surface area contributed by atoms with Crippen LogP contribution in [-0.2, 0) is 24.9 Å². The monoisotopic (exact) mass is 373 g/mol. The summed E-state index contributed by atoms with van der Waals surface area (Å²) in [6.07, 6.45) is 3.50. The third kappa shape index (κ3) is 3.30. The van der Waals surface area contributed by atoms with Gasteiger partial charge in [0.1, 0.15) is 11.6 Å². The van der Waals surface area contributed by atoms with Gasteiger partial charge in [0, 0.05) is 26.6 Å². The Morgan fingerprint density at radius 3 is 2.73 bits per heavy atom. The SMILES string of the molecule is CC(=O)N(Cc1ccsc1)C1CC12CCN(Cc1nnc(C)n1C)CC2. The van der Waals surface area contributed by atoms with E-state index in [1.54, 1.807) is 18.3 Å². The van der Waals surface area contributed by atoms with Crippen molar-refractivity contribution in [1.82, 2.24) is 24.6 Å². The molecule has 1 amide bonds. The van der Waals surface area contributed by atoms with Gasteiger partial charge in [-0.2, -0.15) is 11.3 Å². The Kier molecular flexibility index (Phi) is 4.61. The summed E-state index contributed by atoms with van der Waals surface area (Å²) in [5.41, 5.74) is 1.59. The molecule has 1 saturated carbocycles. The van der Waals surface area contributed by atoms with E-state index in [2.05, 4.69) is 41.4 Å². The van der Waals surface area contributed by atoms with Crippen molar-refractivity contribution in [3.63, 3.8) is 0 Å². The molecule has 1 unspecified atom stereocenters. The Morgan fingerprint density at radius 2 is 2.15 bits per heavy atom. The van der Waals surface area contributed by atoms with E-state index in [0.29, 0.717) is 11.5 Å². The third-order valence-electron chi connectivity index (χ3n) is 6.26. The fourth-order valence-electron chi connectivity index (χ4n) is 4.27. The molecule has 3 heterocycles. The van der Waals surface area contributed by atoms with E-state index in [-0.39, 0.29) is 5.91 Å². The largest absolute Gasteiger partial charge is 0.335 e. The van der Waals surface area contributed by atoms with Gasteiger partial charge in [-0.05, 0) is 67.1 Å². The number of hydrogen-bond donors (Lipinski definition) is 0.